The minimum absolute atomic E-state index is 0.0778. The van der Waals surface area contributed by atoms with Gasteiger partial charge in [0.15, 0.2) is 0 Å². The largest absolute Gasteiger partial charge is 0.469 e. The second kappa shape index (κ2) is 7.06. The number of nitrogens with two attached hydrogens (primary N) is 1. The fourth-order valence-corrected chi connectivity index (χ4v) is 1.68. The standard InChI is InChI=1S/C12H18N2O2S/c1-2-10-9(6-8-16-10)12(15)14-7-4-3-5-11(13)17/h6,8H,2-5,7H2,1H3,(H2,13,17)(H,14,15). The van der Waals surface area contributed by atoms with Crippen LogP contribution in [0.4, 0.5) is 0 Å². The van der Waals surface area contributed by atoms with Crippen LogP contribution >= 0.6 is 12.2 Å². The van der Waals surface area contributed by atoms with Gasteiger partial charge in [-0.05, 0) is 25.3 Å². The average Bonchev–Trinajstić information content (AvgIpc) is 2.75. The van der Waals surface area contributed by atoms with Gasteiger partial charge in [-0.1, -0.05) is 19.1 Å². The fraction of sp³-hybridized carbons (Fsp3) is 0.500. The van der Waals surface area contributed by atoms with Gasteiger partial charge in [-0.2, -0.15) is 0 Å². The Morgan fingerprint density at radius 3 is 2.94 bits per heavy atom. The predicted molar refractivity (Wildman–Crippen MR) is 71.1 cm³/mol. The van der Waals surface area contributed by atoms with Crippen molar-refractivity contribution in [2.24, 2.45) is 5.73 Å². The molecule has 1 amide bonds. The maximum Gasteiger partial charge on any atom is 0.254 e. The number of unbranched alkanes of at least 4 members (excludes halogenated alkanes) is 1. The van der Waals surface area contributed by atoms with Gasteiger partial charge in [0.1, 0.15) is 5.76 Å². The number of furan rings is 1. The van der Waals surface area contributed by atoms with Crippen molar-refractivity contribution < 1.29 is 9.21 Å². The molecule has 0 fully saturated rings. The number of hydrogen-bond donors (Lipinski definition) is 2. The third kappa shape index (κ3) is 4.56. The molecule has 0 spiro atoms. The number of amides is 1. The highest BCUT2D eigenvalue weighted by molar-refractivity contribution is 7.80. The van der Waals surface area contributed by atoms with E-state index in [1.807, 2.05) is 6.92 Å². The zero-order valence-corrected chi connectivity index (χ0v) is 10.8. The first-order valence-corrected chi connectivity index (χ1v) is 6.18. The lowest BCUT2D eigenvalue weighted by molar-refractivity contribution is 0.0951. The lowest BCUT2D eigenvalue weighted by Crippen LogP contribution is -2.25. The lowest BCUT2D eigenvalue weighted by atomic mass is 10.2. The number of nitrogens with one attached hydrogen (secondary N) is 1. The SMILES string of the molecule is CCc1occc1C(=O)NCCCCC(N)=S. The first-order valence-electron chi connectivity index (χ1n) is 5.78. The Morgan fingerprint density at radius 2 is 2.29 bits per heavy atom. The molecule has 0 radical (unpaired) electrons. The van der Waals surface area contributed by atoms with E-state index in [1.165, 1.54) is 0 Å². The molecule has 1 heterocycles. The molecule has 1 rings (SSSR count). The van der Waals surface area contributed by atoms with E-state index in [9.17, 15) is 4.79 Å². The van der Waals surface area contributed by atoms with E-state index in [0.29, 0.717) is 17.1 Å². The maximum atomic E-state index is 11.8. The van der Waals surface area contributed by atoms with E-state index in [0.717, 1.165) is 31.4 Å². The number of carbonyl (C=O) groups is 1. The first kappa shape index (κ1) is 13.7. The third-order valence-corrected chi connectivity index (χ3v) is 2.65. The van der Waals surface area contributed by atoms with Crippen LogP contribution in [0, 0.1) is 0 Å². The van der Waals surface area contributed by atoms with Gasteiger partial charge >= 0.3 is 0 Å². The second-order valence-corrected chi connectivity index (χ2v) is 4.31. The summed E-state index contributed by atoms with van der Waals surface area (Å²) >= 11 is 4.77. The van der Waals surface area contributed by atoms with Crippen LogP contribution in [0.5, 0.6) is 0 Å². The van der Waals surface area contributed by atoms with Crippen molar-refractivity contribution in [3.63, 3.8) is 0 Å². The molecule has 0 saturated carbocycles. The summed E-state index contributed by atoms with van der Waals surface area (Å²) in [5.74, 6) is 0.650. The highest BCUT2D eigenvalue weighted by Gasteiger charge is 2.12. The van der Waals surface area contributed by atoms with Crippen LogP contribution < -0.4 is 11.1 Å². The summed E-state index contributed by atoms with van der Waals surface area (Å²) in [5.41, 5.74) is 6.01. The molecule has 0 atom stereocenters. The Kier molecular flexibility index (Phi) is 5.69. The summed E-state index contributed by atoms with van der Waals surface area (Å²) in [6.45, 7) is 2.59. The van der Waals surface area contributed by atoms with Crippen LogP contribution in [-0.2, 0) is 6.42 Å². The predicted octanol–water partition coefficient (Wildman–Crippen LogP) is 2.03. The fourth-order valence-electron chi connectivity index (χ4n) is 1.54. The second-order valence-electron chi connectivity index (χ2n) is 3.79. The van der Waals surface area contributed by atoms with Crippen molar-refractivity contribution in [1.29, 1.82) is 0 Å². The number of hydrogen-bond acceptors (Lipinski definition) is 3. The van der Waals surface area contributed by atoms with E-state index in [2.05, 4.69) is 5.32 Å². The van der Waals surface area contributed by atoms with Crippen molar-refractivity contribution in [2.75, 3.05) is 6.54 Å². The van der Waals surface area contributed by atoms with Gasteiger partial charge in [0.05, 0.1) is 16.8 Å². The highest BCUT2D eigenvalue weighted by Crippen LogP contribution is 2.10. The Morgan fingerprint density at radius 1 is 1.53 bits per heavy atom. The minimum Gasteiger partial charge on any atom is -0.469 e. The number of rotatable bonds is 7. The maximum absolute atomic E-state index is 11.8. The molecule has 4 nitrogen and oxygen atoms in total. The molecule has 0 aliphatic carbocycles. The van der Waals surface area contributed by atoms with Crippen molar-refractivity contribution in [2.45, 2.75) is 32.6 Å². The summed E-state index contributed by atoms with van der Waals surface area (Å²) in [6.07, 6.45) is 4.78. The number of carbonyl (C=O) groups excluding carboxylic acids is 1. The van der Waals surface area contributed by atoms with Gasteiger partial charge in [0.2, 0.25) is 0 Å². The quantitative estimate of drug-likeness (QED) is 0.577. The van der Waals surface area contributed by atoms with Crippen LogP contribution in [0.15, 0.2) is 16.7 Å². The molecule has 3 N–H and O–H groups in total. The van der Waals surface area contributed by atoms with Gasteiger partial charge in [0.25, 0.3) is 5.91 Å². The normalized spacial score (nSPS) is 10.2. The molecule has 0 aliphatic heterocycles. The van der Waals surface area contributed by atoms with Crippen LogP contribution in [0.25, 0.3) is 0 Å². The molecule has 1 aromatic heterocycles. The van der Waals surface area contributed by atoms with Crippen molar-refractivity contribution >= 4 is 23.1 Å². The lowest BCUT2D eigenvalue weighted by Gasteiger charge is -2.04. The molecule has 0 aromatic carbocycles. The van der Waals surface area contributed by atoms with E-state index >= 15 is 0 Å². The highest BCUT2D eigenvalue weighted by atomic mass is 32.1. The molecule has 1 aromatic rings. The Labute approximate surface area is 107 Å². The number of thiocarbonyl (C=S) groups is 1. The smallest absolute Gasteiger partial charge is 0.254 e. The summed E-state index contributed by atoms with van der Waals surface area (Å²) in [4.78, 5) is 12.3. The van der Waals surface area contributed by atoms with Gasteiger partial charge in [-0.15, -0.1) is 0 Å². The molecular formula is C12H18N2O2S. The molecule has 17 heavy (non-hydrogen) atoms. The topological polar surface area (TPSA) is 68.3 Å². The first-order chi connectivity index (χ1) is 8.15. The van der Waals surface area contributed by atoms with Crippen molar-refractivity contribution in [1.82, 2.24) is 5.32 Å². The van der Waals surface area contributed by atoms with Gasteiger partial charge < -0.3 is 15.5 Å². The molecule has 0 aliphatic rings. The zero-order chi connectivity index (χ0) is 12.7. The number of aryl methyl sites for hydroxylation is 1. The molecule has 0 bridgehead atoms. The molecular weight excluding hydrogens is 236 g/mol. The monoisotopic (exact) mass is 254 g/mol. The van der Waals surface area contributed by atoms with Crippen LogP contribution in [0.3, 0.4) is 0 Å². The molecule has 0 saturated heterocycles. The molecule has 94 valence electrons. The Hall–Kier alpha value is -1.36. The van der Waals surface area contributed by atoms with Crippen LogP contribution in [-0.4, -0.2) is 17.4 Å². The van der Waals surface area contributed by atoms with Crippen LogP contribution in [0.1, 0.15) is 42.3 Å². The Bertz CT molecular complexity index is 388. The average molecular weight is 254 g/mol. The summed E-state index contributed by atoms with van der Waals surface area (Å²) in [5, 5.41) is 2.85. The van der Waals surface area contributed by atoms with Crippen molar-refractivity contribution in [3.05, 3.63) is 23.7 Å². The van der Waals surface area contributed by atoms with Crippen LogP contribution in [0.2, 0.25) is 0 Å². The van der Waals surface area contributed by atoms with Crippen molar-refractivity contribution in [3.8, 4) is 0 Å². The van der Waals surface area contributed by atoms with E-state index in [4.69, 9.17) is 22.4 Å². The summed E-state index contributed by atoms with van der Waals surface area (Å²) in [6, 6.07) is 1.70. The van der Waals surface area contributed by atoms with Gasteiger partial charge in [-0.25, -0.2) is 0 Å². The third-order valence-electron chi connectivity index (χ3n) is 2.45. The minimum atomic E-state index is -0.0778. The molecule has 0 unspecified atom stereocenters. The Balaban J connectivity index is 2.28. The summed E-state index contributed by atoms with van der Waals surface area (Å²) < 4.78 is 5.20. The zero-order valence-electron chi connectivity index (χ0n) is 9.99. The van der Waals surface area contributed by atoms with Gasteiger partial charge in [0, 0.05) is 13.0 Å². The summed E-state index contributed by atoms with van der Waals surface area (Å²) in [7, 11) is 0. The van der Waals surface area contributed by atoms with Gasteiger partial charge in [-0.3, -0.25) is 4.79 Å². The van der Waals surface area contributed by atoms with E-state index < -0.39 is 0 Å². The van der Waals surface area contributed by atoms with E-state index in [1.54, 1.807) is 12.3 Å². The van der Waals surface area contributed by atoms with E-state index in [-0.39, 0.29) is 5.91 Å². The molecule has 5 heteroatoms.